The van der Waals surface area contributed by atoms with Gasteiger partial charge in [-0.2, -0.15) is 0 Å². The fourth-order valence-electron chi connectivity index (χ4n) is 6.83. The molecule has 0 radical (unpaired) electrons. The van der Waals surface area contributed by atoms with Gasteiger partial charge < -0.3 is 4.57 Å². The predicted molar refractivity (Wildman–Crippen MR) is 219 cm³/mol. The lowest BCUT2D eigenvalue weighted by Crippen LogP contribution is -2.01. The second-order valence-corrected chi connectivity index (χ2v) is 12.6. The van der Waals surface area contributed by atoms with Crippen LogP contribution >= 0.6 is 0 Å². The lowest BCUT2D eigenvalue weighted by Gasteiger charge is -2.12. The minimum atomic E-state index is -0.502. The highest BCUT2D eigenvalue weighted by molar-refractivity contribution is 6.10. The molecule has 0 spiro atoms. The zero-order valence-corrected chi connectivity index (χ0v) is 28.1. The molecule has 0 N–H and O–H groups in total. The summed E-state index contributed by atoms with van der Waals surface area (Å²) in [4.78, 5) is 14.9. The van der Waals surface area contributed by atoms with Crippen molar-refractivity contribution in [2.24, 2.45) is 0 Å². The van der Waals surface area contributed by atoms with Gasteiger partial charge in [-0.3, -0.25) is 0 Å². The average Bonchev–Trinajstić information content (AvgIpc) is 3.66. The van der Waals surface area contributed by atoms with E-state index in [2.05, 4.69) is 24.3 Å². The van der Waals surface area contributed by atoms with Gasteiger partial charge in [0.1, 0.15) is 0 Å². The molecule has 4 heteroatoms. The molecule has 8 aromatic carbocycles. The Morgan fingerprint density at radius 1 is 0.358 bits per heavy atom. The summed E-state index contributed by atoms with van der Waals surface area (Å²) in [6.45, 7) is 0. The molecule has 2 heterocycles. The number of benzene rings is 8. The Kier molecular flexibility index (Phi) is 5.49. The average molecular weight is 686 g/mol. The van der Waals surface area contributed by atoms with Crippen molar-refractivity contribution in [2.75, 3.05) is 0 Å². The van der Waals surface area contributed by atoms with Crippen molar-refractivity contribution in [3.8, 4) is 62.1 Å². The number of fused-ring (bicyclic) bond motifs is 4. The number of aromatic nitrogens is 4. The summed E-state index contributed by atoms with van der Waals surface area (Å²) in [6.07, 6.45) is 0. The van der Waals surface area contributed by atoms with Gasteiger partial charge in [0.2, 0.25) is 0 Å². The summed E-state index contributed by atoms with van der Waals surface area (Å²) >= 11 is 0. The lowest BCUT2D eigenvalue weighted by atomic mass is 10.0. The van der Waals surface area contributed by atoms with Crippen LogP contribution in [0.15, 0.2) is 194 Å². The summed E-state index contributed by atoms with van der Waals surface area (Å²) in [5.41, 5.74) is 6.04. The van der Waals surface area contributed by atoms with Crippen LogP contribution in [0.2, 0.25) is 0 Å². The van der Waals surface area contributed by atoms with Crippen molar-refractivity contribution < 1.29 is 12.3 Å². The molecular formula is C49H32N4. The van der Waals surface area contributed by atoms with E-state index in [4.69, 9.17) is 27.3 Å². The maximum absolute atomic E-state index is 9.05. The van der Waals surface area contributed by atoms with Crippen LogP contribution in [0.3, 0.4) is 0 Å². The van der Waals surface area contributed by atoms with Crippen LogP contribution in [0.25, 0.3) is 94.7 Å². The van der Waals surface area contributed by atoms with Crippen molar-refractivity contribution in [2.45, 2.75) is 0 Å². The van der Waals surface area contributed by atoms with Crippen LogP contribution in [0.1, 0.15) is 12.3 Å². The van der Waals surface area contributed by atoms with E-state index in [1.165, 1.54) is 0 Å². The zero-order chi connectivity index (χ0) is 43.0. The summed E-state index contributed by atoms with van der Waals surface area (Å²) < 4.78 is 78.7. The van der Waals surface area contributed by atoms with Gasteiger partial charge >= 0.3 is 0 Å². The minimum Gasteiger partial charge on any atom is -0.309 e. The molecule has 53 heavy (non-hydrogen) atoms. The fraction of sp³-hybridized carbons (Fsp3) is 0. The Hall–Kier alpha value is -7.17. The van der Waals surface area contributed by atoms with Crippen molar-refractivity contribution >= 4 is 32.6 Å². The van der Waals surface area contributed by atoms with Crippen LogP contribution in [0, 0.1) is 0 Å². The van der Waals surface area contributed by atoms with E-state index in [1.54, 1.807) is 22.8 Å². The van der Waals surface area contributed by atoms with Gasteiger partial charge in [0, 0.05) is 33.2 Å². The number of para-hydroxylation sites is 1. The predicted octanol–water partition coefficient (Wildman–Crippen LogP) is 12.5. The van der Waals surface area contributed by atoms with Crippen molar-refractivity contribution in [3.05, 3.63) is 194 Å². The maximum atomic E-state index is 9.05. The standard InChI is InChI=1S/C49H32N4/c1-3-11-33(12-4-1)36-19-22-37(23-20-36)47-50-48(52-49(51-47)41-24-21-35-15-7-8-16-39(35)31-41)38-25-28-42(29-26-38)53-45-18-10-9-17-43(45)44-30-27-40(32-46(44)53)34-13-5-2-6-14-34/h1-32H/i2D,5D,6D,9D,10D,13D,14D,17D,18D. The molecule has 0 amide bonds. The lowest BCUT2D eigenvalue weighted by molar-refractivity contribution is 1.07. The normalized spacial score (nSPS) is 13.8. The van der Waals surface area contributed by atoms with Gasteiger partial charge in [0.15, 0.2) is 17.5 Å². The van der Waals surface area contributed by atoms with Crippen molar-refractivity contribution in [1.29, 1.82) is 0 Å². The smallest absolute Gasteiger partial charge is 0.164 e. The molecule has 0 bridgehead atoms. The van der Waals surface area contributed by atoms with E-state index in [0.29, 0.717) is 50.6 Å². The highest BCUT2D eigenvalue weighted by Crippen LogP contribution is 2.36. The number of nitrogens with zero attached hydrogens (tertiary/aromatic N) is 4. The molecule has 2 aromatic heterocycles. The van der Waals surface area contributed by atoms with Gasteiger partial charge in [-0.05, 0) is 75.5 Å². The van der Waals surface area contributed by atoms with Crippen LogP contribution in [-0.4, -0.2) is 19.5 Å². The topological polar surface area (TPSA) is 43.6 Å². The molecule has 0 aliphatic rings. The number of hydrogen-bond acceptors (Lipinski definition) is 3. The third kappa shape index (κ3) is 5.63. The zero-order valence-electron chi connectivity index (χ0n) is 37.1. The van der Waals surface area contributed by atoms with Gasteiger partial charge in [-0.25, -0.2) is 15.0 Å². The van der Waals surface area contributed by atoms with Crippen LogP contribution in [0.4, 0.5) is 0 Å². The first-order chi connectivity index (χ1) is 30.0. The van der Waals surface area contributed by atoms with Crippen LogP contribution in [-0.2, 0) is 0 Å². The molecule has 0 fully saturated rings. The Morgan fingerprint density at radius 3 is 1.68 bits per heavy atom. The van der Waals surface area contributed by atoms with Crippen LogP contribution in [0.5, 0.6) is 0 Å². The molecule has 4 nitrogen and oxygen atoms in total. The second kappa shape index (κ2) is 12.9. The van der Waals surface area contributed by atoms with Gasteiger partial charge in [0.05, 0.1) is 23.4 Å². The quantitative estimate of drug-likeness (QED) is 0.175. The second-order valence-electron chi connectivity index (χ2n) is 12.6. The van der Waals surface area contributed by atoms with Gasteiger partial charge in [-0.1, -0.05) is 151 Å². The van der Waals surface area contributed by atoms with Crippen molar-refractivity contribution in [1.82, 2.24) is 19.5 Å². The molecule has 10 aromatic rings. The first kappa shape index (κ1) is 22.6. The number of hydrogen-bond donors (Lipinski definition) is 0. The van der Waals surface area contributed by atoms with E-state index in [9.17, 15) is 0 Å². The summed E-state index contributed by atoms with van der Waals surface area (Å²) in [5.74, 6) is 1.40. The van der Waals surface area contributed by atoms with Crippen LogP contribution < -0.4 is 0 Å². The first-order valence-corrected chi connectivity index (χ1v) is 17.1. The number of rotatable bonds is 6. The van der Waals surface area contributed by atoms with E-state index < -0.39 is 24.2 Å². The van der Waals surface area contributed by atoms with E-state index in [0.717, 1.165) is 33.0 Å². The molecule has 0 saturated carbocycles. The molecule has 0 aliphatic carbocycles. The first-order valence-electron chi connectivity index (χ1n) is 21.6. The summed E-state index contributed by atoms with van der Waals surface area (Å²) in [6, 6.07) is 41.3. The summed E-state index contributed by atoms with van der Waals surface area (Å²) in [5, 5.41) is 2.94. The molecule has 0 saturated heterocycles. The Morgan fingerprint density at radius 2 is 0.925 bits per heavy atom. The SMILES string of the molecule is [2H]c1c([2H])c([2H])c(-c2ccc3c4c([2H])c([2H])c([2H])c([2H])c4n(-c4ccc(-c5nc(-c6ccc(-c7ccccc7)cc6)nc(-c6ccc7ccccc7c6)n5)cc4)c3c2)c([2H])c1[2H]. The Labute approximate surface area is 320 Å². The Bertz CT molecular complexity index is 3410. The molecule has 0 aliphatic heterocycles. The third-order valence-electron chi connectivity index (χ3n) is 9.46. The third-order valence-corrected chi connectivity index (χ3v) is 9.46. The molecular weight excluding hydrogens is 645 g/mol. The van der Waals surface area contributed by atoms with Crippen molar-refractivity contribution in [3.63, 3.8) is 0 Å². The largest absolute Gasteiger partial charge is 0.309 e. The molecule has 248 valence electrons. The maximum Gasteiger partial charge on any atom is 0.164 e. The fourth-order valence-corrected chi connectivity index (χ4v) is 6.83. The van der Waals surface area contributed by atoms with Gasteiger partial charge in [-0.15, -0.1) is 0 Å². The van der Waals surface area contributed by atoms with E-state index >= 15 is 0 Å². The highest BCUT2D eigenvalue weighted by Gasteiger charge is 2.16. The van der Waals surface area contributed by atoms with Gasteiger partial charge in [0.25, 0.3) is 0 Å². The molecule has 0 unspecified atom stereocenters. The minimum absolute atomic E-state index is 0.00664. The van der Waals surface area contributed by atoms with E-state index in [-0.39, 0.29) is 41.3 Å². The molecule has 0 atom stereocenters. The van der Waals surface area contributed by atoms with E-state index in [1.807, 2.05) is 97.1 Å². The molecule has 10 rings (SSSR count). The Balaban J connectivity index is 1.14. The highest BCUT2D eigenvalue weighted by atomic mass is 15.0. The summed E-state index contributed by atoms with van der Waals surface area (Å²) in [7, 11) is 0. The monoisotopic (exact) mass is 685 g/mol.